The molecule has 11 heteroatoms. The molecule has 0 bridgehead atoms. The monoisotopic (exact) mass is 754 g/mol. The maximum Gasteiger partial charge on any atom is 0.416 e. The molecule has 0 aliphatic heterocycles. The van der Waals surface area contributed by atoms with Crippen molar-refractivity contribution in [3.63, 3.8) is 0 Å². The van der Waals surface area contributed by atoms with Crippen LogP contribution in [0.3, 0.4) is 0 Å². The Morgan fingerprint density at radius 1 is 0.451 bits per heavy atom. The third-order valence-corrected chi connectivity index (χ3v) is 8.86. The molecule has 0 radical (unpaired) electrons. The van der Waals surface area contributed by atoms with E-state index in [1.807, 2.05) is 66.7 Å². The number of H-pyrrole nitrogens is 2. The second-order valence-electron chi connectivity index (χ2n) is 11.6. The number of halogens is 7. The van der Waals surface area contributed by atoms with Crippen LogP contribution in [0.5, 0.6) is 0 Å². The summed E-state index contributed by atoms with van der Waals surface area (Å²) in [5, 5.41) is 1.89. The smallest absolute Gasteiger partial charge is 0.354 e. The second-order valence-corrected chi connectivity index (χ2v) is 12.5. The van der Waals surface area contributed by atoms with Crippen molar-refractivity contribution >= 4 is 37.7 Å². The highest BCUT2D eigenvalue weighted by Gasteiger charge is 2.32. The molecular formula is C40H25BrF6N4. The Balaban J connectivity index is 0.000000159. The first-order valence-electron chi connectivity index (χ1n) is 15.6. The van der Waals surface area contributed by atoms with Crippen LogP contribution >= 0.6 is 15.9 Å². The van der Waals surface area contributed by atoms with Gasteiger partial charge in [0.2, 0.25) is 0 Å². The summed E-state index contributed by atoms with van der Waals surface area (Å²) >= 11 is 3.47. The Morgan fingerprint density at radius 2 is 0.922 bits per heavy atom. The third-order valence-electron chi connectivity index (χ3n) is 8.36. The number of alkyl halides is 6. The molecule has 0 saturated carbocycles. The summed E-state index contributed by atoms with van der Waals surface area (Å²) < 4.78 is 79.6. The van der Waals surface area contributed by atoms with E-state index in [2.05, 4.69) is 35.9 Å². The Labute approximate surface area is 296 Å². The van der Waals surface area contributed by atoms with E-state index < -0.39 is 23.5 Å². The molecule has 0 aliphatic carbocycles. The van der Waals surface area contributed by atoms with E-state index in [4.69, 9.17) is 0 Å². The van der Waals surface area contributed by atoms with E-state index >= 15 is 0 Å². The Hall–Kier alpha value is -5.68. The topological polar surface area (TPSA) is 57.4 Å². The van der Waals surface area contributed by atoms with Crippen LogP contribution in [0.1, 0.15) is 11.1 Å². The molecule has 8 aromatic rings. The van der Waals surface area contributed by atoms with Crippen LogP contribution in [-0.4, -0.2) is 19.9 Å². The summed E-state index contributed by atoms with van der Waals surface area (Å²) in [6, 6.07) is 31.6. The number of nitrogens with zero attached hydrogens (tertiary/aromatic N) is 2. The van der Waals surface area contributed by atoms with Crippen LogP contribution in [0.4, 0.5) is 26.3 Å². The lowest BCUT2D eigenvalue weighted by Gasteiger charge is -2.10. The number of aromatic amines is 2. The predicted octanol–water partition coefficient (Wildman–Crippen LogP) is 12.6. The molecule has 0 amide bonds. The number of hydrogen-bond donors (Lipinski definition) is 2. The van der Waals surface area contributed by atoms with Gasteiger partial charge in [0, 0.05) is 62.2 Å². The first-order chi connectivity index (χ1) is 24.5. The lowest BCUT2D eigenvalue weighted by atomic mass is 9.98. The molecule has 0 saturated heterocycles. The van der Waals surface area contributed by atoms with Crippen LogP contribution in [0.2, 0.25) is 0 Å². The molecule has 2 N–H and O–H groups in total. The largest absolute Gasteiger partial charge is 0.416 e. The first-order valence-corrected chi connectivity index (χ1v) is 16.3. The zero-order valence-corrected chi connectivity index (χ0v) is 27.9. The van der Waals surface area contributed by atoms with Gasteiger partial charge in [-0.15, -0.1) is 0 Å². The standard InChI is InChI=1S/C20H12BrF3N2.C20H13F3N2/c21-15-4-5-17-16(11-15)18(12-6-8-25-9-7-12)19(26-17)13-2-1-3-14(10-13)20(22,23)24;21-20(22,23)15-5-3-4-14(12-15)19-18(13-8-10-24-11-9-13)16-6-1-2-7-17(16)25-19/h1-11,26H;1-12,25H. The van der Waals surface area contributed by atoms with E-state index in [9.17, 15) is 26.3 Å². The molecule has 4 aromatic heterocycles. The SMILES string of the molecule is FC(F)(F)c1cccc(-c2[nH]c3ccc(Br)cc3c2-c2ccncc2)c1.FC(F)(F)c1cccc(-c2[nH]c3ccccc3c2-c2ccncc2)c1. The average molecular weight is 756 g/mol. The number of nitrogens with one attached hydrogen (secondary N) is 2. The van der Waals surface area contributed by atoms with Crippen LogP contribution in [0.15, 0.2) is 145 Å². The molecule has 0 aliphatic rings. The van der Waals surface area contributed by atoms with Crippen molar-refractivity contribution in [2.75, 3.05) is 0 Å². The van der Waals surface area contributed by atoms with Gasteiger partial charge in [0.15, 0.2) is 0 Å². The van der Waals surface area contributed by atoms with Crippen molar-refractivity contribution < 1.29 is 26.3 Å². The fraction of sp³-hybridized carbons (Fsp3) is 0.0500. The van der Waals surface area contributed by atoms with Crippen molar-refractivity contribution in [3.05, 3.63) is 156 Å². The quantitative estimate of drug-likeness (QED) is 0.176. The van der Waals surface area contributed by atoms with Gasteiger partial charge in [-0.25, -0.2) is 0 Å². The minimum atomic E-state index is -4.39. The predicted molar refractivity (Wildman–Crippen MR) is 192 cm³/mol. The van der Waals surface area contributed by atoms with Gasteiger partial charge in [-0.1, -0.05) is 58.4 Å². The van der Waals surface area contributed by atoms with Gasteiger partial charge in [-0.2, -0.15) is 26.3 Å². The highest BCUT2D eigenvalue weighted by molar-refractivity contribution is 9.10. The summed E-state index contributed by atoms with van der Waals surface area (Å²) in [7, 11) is 0. The summed E-state index contributed by atoms with van der Waals surface area (Å²) in [4.78, 5) is 14.6. The summed E-state index contributed by atoms with van der Waals surface area (Å²) in [5.74, 6) is 0. The number of para-hydroxylation sites is 1. The van der Waals surface area contributed by atoms with Crippen molar-refractivity contribution in [2.24, 2.45) is 0 Å². The molecule has 0 spiro atoms. The normalized spacial score (nSPS) is 11.8. The zero-order chi connectivity index (χ0) is 35.8. The highest BCUT2D eigenvalue weighted by Crippen LogP contribution is 2.42. The minimum Gasteiger partial charge on any atom is -0.354 e. The van der Waals surface area contributed by atoms with Crippen LogP contribution in [0, 0.1) is 0 Å². The maximum atomic E-state index is 13.1. The number of aromatic nitrogens is 4. The van der Waals surface area contributed by atoms with Crippen LogP contribution < -0.4 is 0 Å². The molecule has 0 unspecified atom stereocenters. The van der Waals surface area contributed by atoms with Gasteiger partial charge in [0.1, 0.15) is 0 Å². The summed E-state index contributed by atoms with van der Waals surface area (Å²) in [6.07, 6.45) is -2.08. The van der Waals surface area contributed by atoms with Gasteiger partial charge in [-0.3, -0.25) is 9.97 Å². The van der Waals surface area contributed by atoms with Gasteiger partial charge in [0.05, 0.1) is 22.5 Å². The molecule has 8 rings (SSSR count). The lowest BCUT2D eigenvalue weighted by molar-refractivity contribution is -0.138. The summed E-state index contributed by atoms with van der Waals surface area (Å²) in [6.45, 7) is 0. The first kappa shape index (κ1) is 33.8. The van der Waals surface area contributed by atoms with Crippen molar-refractivity contribution in [1.82, 2.24) is 19.9 Å². The zero-order valence-electron chi connectivity index (χ0n) is 26.3. The number of pyridine rings is 2. The molecule has 4 aromatic carbocycles. The second kappa shape index (κ2) is 13.6. The van der Waals surface area contributed by atoms with Gasteiger partial charge in [-0.05, 0) is 95.1 Å². The van der Waals surface area contributed by atoms with Gasteiger partial charge >= 0.3 is 12.4 Å². The molecular weight excluding hydrogens is 730 g/mol. The van der Waals surface area contributed by atoms with E-state index in [1.165, 1.54) is 24.3 Å². The Morgan fingerprint density at radius 3 is 1.43 bits per heavy atom. The average Bonchev–Trinajstić information content (AvgIpc) is 3.71. The Kier molecular flexibility index (Phi) is 8.99. The maximum absolute atomic E-state index is 13.1. The van der Waals surface area contributed by atoms with Crippen molar-refractivity contribution in [1.29, 1.82) is 0 Å². The highest BCUT2D eigenvalue weighted by atomic mass is 79.9. The number of rotatable bonds is 4. The van der Waals surface area contributed by atoms with E-state index in [-0.39, 0.29) is 0 Å². The number of fused-ring (bicyclic) bond motifs is 2. The molecule has 51 heavy (non-hydrogen) atoms. The molecule has 254 valence electrons. The van der Waals surface area contributed by atoms with Crippen molar-refractivity contribution in [2.45, 2.75) is 12.4 Å². The van der Waals surface area contributed by atoms with Crippen molar-refractivity contribution in [3.8, 4) is 44.8 Å². The number of hydrogen-bond acceptors (Lipinski definition) is 2. The van der Waals surface area contributed by atoms with Gasteiger partial charge in [0.25, 0.3) is 0 Å². The summed E-state index contributed by atoms with van der Waals surface area (Å²) in [5.41, 5.74) is 6.21. The van der Waals surface area contributed by atoms with E-state index in [0.29, 0.717) is 22.5 Å². The van der Waals surface area contributed by atoms with E-state index in [0.717, 1.165) is 60.7 Å². The fourth-order valence-electron chi connectivity index (χ4n) is 6.08. The fourth-order valence-corrected chi connectivity index (χ4v) is 6.44. The van der Waals surface area contributed by atoms with Crippen LogP contribution in [-0.2, 0) is 12.4 Å². The third kappa shape index (κ3) is 7.02. The minimum absolute atomic E-state index is 0.485. The van der Waals surface area contributed by atoms with Crippen LogP contribution in [0.25, 0.3) is 66.6 Å². The lowest BCUT2D eigenvalue weighted by Crippen LogP contribution is -2.04. The molecule has 0 atom stereocenters. The molecule has 4 nitrogen and oxygen atoms in total. The number of benzene rings is 4. The molecule has 0 fully saturated rings. The van der Waals surface area contributed by atoms with Gasteiger partial charge < -0.3 is 9.97 Å². The molecule has 4 heterocycles. The van der Waals surface area contributed by atoms with E-state index in [1.54, 1.807) is 36.9 Å². The Bertz CT molecular complexity index is 2470.